The van der Waals surface area contributed by atoms with Crippen molar-refractivity contribution >= 4 is 40.6 Å². The lowest BCUT2D eigenvalue weighted by atomic mass is 10.1. The van der Waals surface area contributed by atoms with E-state index >= 15 is 0 Å². The molecule has 0 aliphatic carbocycles. The van der Waals surface area contributed by atoms with Crippen molar-refractivity contribution in [2.45, 2.75) is 13.8 Å². The Morgan fingerprint density at radius 1 is 0.944 bits per heavy atom. The highest BCUT2D eigenvalue weighted by molar-refractivity contribution is 8.18. The van der Waals surface area contributed by atoms with Crippen LogP contribution in [0.25, 0.3) is 6.08 Å². The van der Waals surface area contributed by atoms with E-state index in [2.05, 4.69) is 5.32 Å². The van der Waals surface area contributed by atoms with Gasteiger partial charge in [0.25, 0.3) is 11.1 Å². The second kappa shape index (κ2) is 11.6. The number of benzene rings is 3. The molecule has 3 aromatic rings. The highest BCUT2D eigenvalue weighted by Gasteiger charge is 2.36. The average Bonchev–Trinajstić information content (AvgIpc) is 3.13. The number of thioether (sulfide) groups is 1. The lowest BCUT2D eigenvalue weighted by Crippen LogP contribution is -2.36. The number of imide groups is 1. The molecular weight excluding hydrogens is 476 g/mol. The van der Waals surface area contributed by atoms with Gasteiger partial charge in [0.2, 0.25) is 5.91 Å². The zero-order chi connectivity index (χ0) is 25.5. The third-order valence-corrected chi connectivity index (χ3v) is 6.31. The third-order valence-electron chi connectivity index (χ3n) is 5.40. The van der Waals surface area contributed by atoms with Crippen molar-refractivity contribution in [1.82, 2.24) is 4.90 Å². The van der Waals surface area contributed by atoms with Gasteiger partial charge in [-0.05, 0) is 67.1 Å². The van der Waals surface area contributed by atoms with Crippen LogP contribution in [-0.4, -0.2) is 41.7 Å². The molecule has 0 unspecified atom stereocenters. The van der Waals surface area contributed by atoms with Gasteiger partial charge in [-0.2, -0.15) is 0 Å². The molecule has 0 atom stereocenters. The molecular formula is C28H26N2O5S. The Labute approximate surface area is 214 Å². The molecule has 36 heavy (non-hydrogen) atoms. The first kappa shape index (κ1) is 25.1. The van der Waals surface area contributed by atoms with Gasteiger partial charge in [-0.25, -0.2) is 0 Å². The number of para-hydroxylation sites is 2. The Morgan fingerprint density at radius 2 is 1.67 bits per heavy atom. The maximum absolute atomic E-state index is 12.9. The van der Waals surface area contributed by atoms with Crippen LogP contribution >= 0.6 is 11.8 Å². The smallest absolute Gasteiger partial charge is 0.294 e. The minimum atomic E-state index is -0.511. The number of rotatable bonds is 9. The molecule has 1 saturated heterocycles. The van der Waals surface area contributed by atoms with Gasteiger partial charge in [-0.15, -0.1) is 0 Å². The number of amides is 3. The maximum Gasteiger partial charge on any atom is 0.294 e. The molecule has 0 aromatic heterocycles. The average molecular weight is 503 g/mol. The van der Waals surface area contributed by atoms with Gasteiger partial charge in [-0.1, -0.05) is 48.5 Å². The SMILES string of the molecule is Cc1ccc(C)c(NC(=O)CN2C(=O)S/C(=C/c3ccccc3OCCOc3ccccc3)C2=O)c1. The van der Waals surface area contributed by atoms with Crippen molar-refractivity contribution < 1.29 is 23.9 Å². The van der Waals surface area contributed by atoms with Crippen LogP contribution in [0, 0.1) is 13.8 Å². The van der Waals surface area contributed by atoms with Crippen LogP contribution in [0.2, 0.25) is 0 Å². The van der Waals surface area contributed by atoms with Gasteiger partial charge in [0.05, 0.1) is 4.91 Å². The van der Waals surface area contributed by atoms with E-state index in [9.17, 15) is 14.4 Å². The van der Waals surface area contributed by atoms with Gasteiger partial charge < -0.3 is 14.8 Å². The van der Waals surface area contributed by atoms with Gasteiger partial charge in [-0.3, -0.25) is 19.3 Å². The summed E-state index contributed by atoms with van der Waals surface area (Å²) in [6.45, 7) is 4.11. The first-order valence-electron chi connectivity index (χ1n) is 11.4. The number of hydrogen-bond acceptors (Lipinski definition) is 6. The largest absolute Gasteiger partial charge is 0.490 e. The number of anilines is 1. The fourth-order valence-electron chi connectivity index (χ4n) is 3.54. The molecule has 1 N–H and O–H groups in total. The number of ether oxygens (including phenoxy) is 2. The molecule has 1 fully saturated rings. The van der Waals surface area contributed by atoms with Crippen LogP contribution in [0.15, 0.2) is 77.7 Å². The van der Waals surface area contributed by atoms with E-state index in [1.165, 1.54) is 0 Å². The third kappa shape index (κ3) is 6.34. The summed E-state index contributed by atoms with van der Waals surface area (Å²) in [7, 11) is 0. The van der Waals surface area contributed by atoms with Crippen molar-refractivity contribution in [3.8, 4) is 11.5 Å². The van der Waals surface area contributed by atoms with Crippen LogP contribution in [0.1, 0.15) is 16.7 Å². The summed E-state index contributed by atoms with van der Waals surface area (Å²) in [5, 5.41) is 2.30. The zero-order valence-electron chi connectivity index (χ0n) is 20.0. The number of carbonyl (C=O) groups is 3. The monoisotopic (exact) mass is 502 g/mol. The summed E-state index contributed by atoms with van der Waals surface area (Å²) in [6.07, 6.45) is 1.61. The topological polar surface area (TPSA) is 84.9 Å². The molecule has 4 rings (SSSR count). The second-order valence-corrected chi connectivity index (χ2v) is 9.18. The quantitative estimate of drug-likeness (QED) is 0.310. The molecule has 1 heterocycles. The summed E-state index contributed by atoms with van der Waals surface area (Å²) < 4.78 is 11.5. The van der Waals surface area contributed by atoms with E-state index in [0.717, 1.165) is 33.5 Å². The van der Waals surface area contributed by atoms with E-state index in [0.29, 0.717) is 30.2 Å². The summed E-state index contributed by atoms with van der Waals surface area (Å²) in [5.41, 5.74) is 3.21. The van der Waals surface area contributed by atoms with Crippen LogP contribution < -0.4 is 14.8 Å². The molecule has 0 bridgehead atoms. The van der Waals surface area contributed by atoms with E-state index < -0.39 is 17.1 Å². The Balaban J connectivity index is 1.38. The predicted molar refractivity (Wildman–Crippen MR) is 141 cm³/mol. The normalized spacial score (nSPS) is 14.3. The van der Waals surface area contributed by atoms with Crippen molar-refractivity contribution in [3.05, 3.63) is 94.4 Å². The summed E-state index contributed by atoms with van der Waals surface area (Å²) in [4.78, 5) is 39.2. The minimum absolute atomic E-state index is 0.233. The number of aryl methyl sites for hydroxylation is 2. The Hall–Kier alpha value is -4.04. The van der Waals surface area contributed by atoms with Crippen LogP contribution in [0.4, 0.5) is 10.5 Å². The number of nitrogens with zero attached hydrogens (tertiary/aromatic N) is 1. The molecule has 3 amide bonds. The zero-order valence-corrected chi connectivity index (χ0v) is 20.8. The van der Waals surface area contributed by atoms with Crippen molar-refractivity contribution in [2.75, 3.05) is 25.1 Å². The van der Waals surface area contributed by atoms with Crippen LogP contribution in [-0.2, 0) is 9.59 Å². The highest BCUT2D eigenvalue weighted by atomic mass is 32.2. The Bertz CT molecular complexity index is 1310. The summed E-state index contributed by atoms with van der Waals surface area (Å²) >= 11 is 0.803. The molecule has 184 valence electrons. The van der Waals surface area contributed by atoms with Crippen molar-refractivity contribution in [2.24, 2.45) is 0 Å². The first-order valence-corrected chi connectivity index (χ1v) is 12.2. The predicted octanol–water partition coefficient (Wildman–Crippen LogP) is 5.44. The summed E-state index contributed by atoms with van der Waals surface area (Å²) in [5.74, 6) is 0.371. The highest BCUT2D eigenvalue weighted by Crippen LogP contribution is 2.34. The lowest BCUT2D eigenvalue weighted by Gasteiger charge is -2.14. The number of carbonyl (C=O) groups excluding carboxylic acids is 3. The number of nitrogens with one attached hydrogen (secondary N) is 1. The van der Waals surface area contributed by atoms with Crippen LogP contribution in [0.3, 0.4) is 0 Å². The van der Waals surface area contributed by atoms with E-state index in [-0.39, 0.29) is 11.4 Å². The van der Waals surface area contributed by atoms with E-state index in [1.807, 2.05) is 74.5 Å². The molecule has 7 nitrogen and oxygen atoms in total. The fourth-order valence-corrected chi connectivity index (χ4v) is 4.37. The molecule has 0 radical (unpaired) electrons. The number of hydrogen-bond donors (Lipinski definition) is 1. The maximum atomic E-state index is 12.9. The first-order chi connectivity index (χ1) is 17.4. The summed E-state index contributed by atoms with van der Waals surface area (Å²) in [6, 6.07) is 22.4. The lowest BCUT2D eigenvalue weighted by molar-refractivity contribution is -0.127. The molecule has 0 spiro atoms. The van der Waals surface area contributed by atoms with E-state index in [1.54, 1.807) is 18.2 Å². The molecule has 0 saturated carbocycles. The van der Waals surface area contributed by atoms with Gasteiger partial charge >= 0.3 is 0 Å². The molecule has 3 aromatic carbocycles. The van der Waals surface area contributed by atoms with Crippen molar-refractivity contribution in [3.63, 3.8) is 0 Å². The minimum Gasteiger partial charge on any atom is -0.490 e. The van der Waals surface area contributed by atoms with Crippen molar-refractivity contribution in [1.29, 1.82) is 0 Å². The Kier molecular flexibility index (Phi) is 8.07. The van der Waals surface area contributed by atoms with E-state index in [4.69, 9.17) is 9.47 Å². The second-order valence-electron chi connectivity index (χ2n) is 8.18. The van der Waals surface area contributed by atoms with Gasteiger partial charge in [0, 0.05) is 11.3 Å². The fraction of sp³-hybridized carbons (Fsp3) is 0.179. The standard InChI is InChI=1S/C28H26N2O5S/c1-19-12-13-20(2)23(16-19)29-26(31)18-30-27(32)25(36-28(30)33)17-21-8-6-7-11-24(21)35-15-14-34-22-9-4-3-5-10-22/h3-13,16-17H,14-15,18H2,1-2H3,(H,29,31)/b25-17+. The van der Waals surface area contributed by atoms with Crippen LogP contribution in [0.5, 0.6) is 11.5 Å². The molecule has 8 heteroatoms. The molecule has 1 aliphatic rings. The van der Waals surface area contributed by atoms with Gasteiger partial charge in [0.15, 0.2) is 0 Å². The van der Waals surface area contributed by atoms with Gasteiger partial charge in [0.1, 0.15) is 31.3 Å². The Morgan fingerprint density at radius 3 is 2.47 bits per heavy atom. The molecule has 1 aliphatic heterocycles.